The van der Waals surface area contributed by atoms with Gasteiger partial charge in [-0.05, 0) is 46.9 Å². The molecule has 0 radical (unpaired) electrons. The maximum atomic E-state index is 11.5. The van der Waals surface area contributed by atoms with Crippen LogP contribution in [0.5, 0.6) is 0 Å². The van der Waals surface area contributed by atoms with E-state index in [1.807, 2.05) is 0 Å². The average molecular weight is 324 g/mol. The van der Waals surface area contributed by atoms with Crippen molar-refractivity contribution in [3.8, 4) is 0 Å². The lowest BCUT2D eigenvalue weighted by Gasteiger charge is -2.24. The van der Waals surface area contributed by atoms with E-state index in [0.29, 0.717) is 5.92 Å². The molecule has 1 unspecified atom stereocenters. The molecule has 0 saturated carbocycles. The van der Waals surface area contributed by atoms with Crippen molar-refractivity contribution < 1.29 is 4.79 Å². The molecule has 124 valence electrons. The van der Waals surface area contributed by atoms with Gasteiger partial charge in [0.25, 0.3) is 0 Å². The first-order valence-electron chi connectivity index (χ1n) is 8.28. The molecule has 0 aliphatic carbocycles. The SMILES string of the molecule is CCCCN(CC(C)Cc1ccc(C(C)(C)C)cc1)C(=O)Cl. The Morgan fingerprint density at radius 3 is 2.27 bits per heavy atom. The lowest BCUT2D eigenvalue weighted by atomic mass is 9.86. The fourth-order valence-corrected chi connectivity index (χ4v) is 2.74. The van der Waals surface area contributed by atoms with Crippen molar-refractivity contribution in [2.24, 2.45) is 5.92 Å². The van der Waals surface area contributed by atoms with Gasteiger partial charge in [0.05, 0.1) is 0 Å². The highest BCUT2D eigenvalue weighted by atomic mass is 35.5. The number of halogens is 1. The number of carbonyl (C=O) groups excluding carboxylic acids is 1. The number of hydrogen-bond acceptors (Lipinski definition) is 1. The molecule has 0 N–H and O–H groups in total. The van der Waals surface area contributed by atoms with E-state index in [4.69, 9.17) is 11.6 Å². The largest absolute Gasteiger partial charge is 0.329 e. The third-order valence-electron chi connectivity index (χ3n) is 3.97. The van der Waals surface area contributed by atoms with Crippen molar-refractivity contribution in [2.45, 2.75) is 59.3 Å². The Labute approximate surface area is 140 Å². The summed E-state index contributed by atoms with van der Waals surface area (Å²) in [6, 6.07) is 8.83. The highest BCUT2D eigenvalue weighted by Crippen LogP contribution is 2.23. The number of amides is 1. The molecule has 1 amide bonds. The lowest BCUT2D eigenvalue weighted by Crippen LogP contribution is -2.32. The van der Waals surface area contributed by atoms with E-state index < -0.39 is 0 Å². The summed E-state index contributed by atoms with van der Waals surface area (Å²) in [5.41, 5.74) is 2.86. The molecule has 0 spiro atoms. The third kappa shape index (κ3) is 6.39. The van der Waals surface area contributed by atoms with Crippen LogP contribution in [0.3, 0.4) is 0 Å². The standard InChI is InChI=1S/C19H30ClNO/c1-6-7-12-21(18(20)22)14-15(2)13-16-8-10-17(11-9-16)19(3,4)5/h8-11,15H,6-7,12-14H2,1-5H3. The number of nitrogens with zero attached hydrogens (tertiary/aromatic N) is 1. The van der Waals surface area contributed by atoms with E-state index in [1.165, 1.54) is 11.1 Å². The van der Waals surface area contributed by atoms with Gasteiger partial charge in [-0.3, -0.25) is 4.79 Å². The average Bonchev–Trinajstić information content (AvgIpc) is 2.42. The summed E-state index contributed by atoms with van der Waals surface area (Å²) < 4.78 is 0. The second-order valence-electron chi connectivity index (χ2n) is 7.31. The van der Waals surface area contributed by atoms with E-state index in [9.17, 15) is 4.79 Å². The summed E-state index contributed by atoms with van der Waals surface area (Å²) in [6.45, 7) is 12.5. The molecule has 0 saturated heterocycles. The summed E-state index contributed by atoms with van der Waals surface area (Å²) >= 11 is 5.68. The van der Waals surface area contributed by atoms with Crippen molar-refractivity contribution in [1.82, 2.24) is 4.90 Å². The minimum Gasteiger partial charge on any atom is -0.329 e. The maximum absolute atomic E-state index is 11.5. The van der Waals surface area contributed by atoms with Crippen LogP contribution in [0.25, 0.3) is 0 Å². The van der Waals surface area contributed by atoms with Gasteiger partial charge in [0, 0.05) is 13.1 Å². The highest BCUT2D eigenvalue weighted by molar-refractivity contribution is 6.62. The van der Waals surface area contributed by atoms with Gasteiger partial charge in [-0.25, -0.2) is 0 Å². The van der Waals surface area contributed by atoms with Crippen LogP contribution in [0.4, 0.5) is 4.79 Å². The molecule has 0 fully saturated rings. The third-order valence-corrected chi connectivity index (χ3v) is 4.21. The Morgan fingerprint density at radius 1 is 1.23 bits per heavy atom. The van der Waals surface area contributed by atoms with Crippen LogP contribution in [0.2, 0.25) is 0 Å². The number of hydrogen-bond donors (Lipinski definition) is 0. The van der Waals surface area contributed by atoms with E-state index >= 15 is 0 Å². The van der Waals surface area contributed by atoms with E-state index in [2.05, 4.69) is 58.9 Å². The van der Waals surface area contributed by atoms with Crippen molar-refractivity contribution >= 4 is 17.0 Å². The summed E-state index contributed by atoms with van der Waals surface area (Å²) in [7, 11) is 0. The Balaban J connectivity index is 2.60. The first kappa shape index (κ1) is 19.0. The molecule has 1 atom stereocenters. The molecular weight excluding hydrogens is 294 g/mol. The highest BCUT2D eigenvalue weighted by Gasteiger charge is 2.16. The quantitative estimate of drug-likeness (QED) is 0.471. The zero-order valence-electron chi connectivity index (χ0n) is 14.7. The summed E-state index contributed by atoms with van der Waals surface area (Å²) in [5, 5.41) is -0.330. The molecular formula is C19H30ClNO. The van der Waals surface area contributed by atoms with Crippen LogP contribution >= 0.6 is 11.6 Å². The Hall–Kier alpha value is -1.02. The number of unbranched alkanes of at least 4 members (excludes halogenated alkanes) is 1. The van der Waals surface area contributed by atoms with Gasteiger partial charge in [0.15, 0.2) is 0 Å². The zero-order chi connectivity index (χ0) is 16.8. The smallest absolute Gasteiger partial charge is 0.316 e. The first-order valence-corrected chi connectivity index (χ1v) is 8.65. The first-order chi connectivity index (χ1) is 10.2. The van der Waals surface area contributed by atoms with Crippen LogP contribution in [0.15, 0.2) is 24.3 Å². The fraction of sp³-hybridized carbons (Fsp3) is 0.632. The van der Waals surface area contributed by atoms with Crippen LogP contribution < -0.4 is 0 Å². The second-order valence-corrected chi connectivity index (χ2v) is 7.63. The van der Waals surface area contributed by atoms with Gasteiger partial charge in [0.2, 0.25) is 0 Å². The van der Waals surface area contributed by atoms with Gasteiger partial charge in [-0.2, -0.15) is 0 Å². The Kier molecular flexibility index (Phi) is 7.41. The number of benzene rings is 1. The van der Waals surface area contributed by atoms with E-state index in [1.54, 1.807) is 4.90 Å². The minimum atomic E-state index is -0.330. The molecule has 2 nitrogen and oxygen atoms in total. The van der Waals surface area contributed by atoms with Crippen LogP contribution in [-0.4, -0.2) is 23.4 Å². The molecule has 0 aromatic heterocycles. The zero-order valence-corrected chi connectivity index (χ0v) is 15.4. The molecule has 0 aliphatic heterocycles. The van der Waals surface area contributed by atoms with Gasteiger partial charge in [-0.15, -0.1) is 0 Å². The number of carbonyl (C=O) groups is 1. The summed E-state index contributed by atoms with van der Waals surface area (Å²) in [4.78, 5) is 13.2. The topological polar surface area (TPSA) is 20.3 Å². The number of rotatable bonds is 7. The van der Waals surface area contributed by atoms with Gasteiger partial charge in [0.1, 0.15) is 0 Å². The monoisotopic (exact) mass is 323 g/mol. The van der Waals surface area contributed by atoms with Crippen molar-refractivity contribution in [1.29, 1.82) is 0 Å². The van der Waals surface area contributed by atoms with Crippen molar-refractivity contribution in [2.75, 3.05) is 13.1 Å². The Bertz CT molecular complexity index is 461. The fourth-order valence-electron chi connectivity index (χ4n) is 2.58. The van der Waals surface area contributed by atoms with Crippen LogP contribution in [0.1, 0.15) is 58.6 Å². The van der Waals surface area contributed by atoms with Crippen molar-refractivity contribution in [3.63, 3.8) is 0 Å². The molecule has 1 aromatic rings. The van der Waals surface area contributed by atoms with Gasteiger partial charge < -0.3 is 4.90 Å². The molecule has 22 heavy (non-hydrogen) atoms. The van der Waals surface area contributed by atoms with E-state index in [0.717, 1.165) is 32.4 Å². The molecule has 0 heterocycles. The van der Waals surface area contributed by atoms with E-state index in [-0.39, 0.29) is 10.8 Å². The minimum absolute atomic E-state index is 0.187. The maximum Gasteiger partial charge on any atom is 0.316 e. The summed E-state index contributed by atoms with van der Waals surface area (Å²) in [5.74, 6) is 0.403. The van der Waals surface area contributed by atoms with Gasteiger partial charge >= 0.3 is 5.37 Å². The predicted octanol–water partition coefficient (Wildman–Crippen LogP) is 5.62. The molecule has 0 aliphatic rings. The lowest BCUT2D eigenvalue weighted by molar-refractivity contribution is 0.211. The molecule has 0 bridgehead atoms. The van der Waals surface area contributed by atoms with Crippen molar-refractivity contribution in [3.05, 3.63) is 35.4 Å². The van der Waals surface area contributed by atoms with Gasteiger partial charge in [-0.1, -0.05) is 65.3 Å². The van der Waals surface area contributed by atoms with Crippen LogP contribution in [0, 0.1) is 5.92 Å². The second kappa shape index (κ2) is 8.57. The Morgan fingerprint density at radius 2 is 1.82 bits per heavy atom. The molecule has 1 rings (SSSR count). The molecule has 3 heteroatoms. The summed E-state index contributed by atoms with van der Waals surface area (Å²) in [6.07, 6.45) is 3.05. The van der Waals surface area contributed by atoms with Crippen LogP contribution in [-0.2, 0) is 11.8 Å². The predicted molar refractivity (Wildman–Crippen MR) is 95.7 cm³/mol. The molecule has 1 aromatic carbocycles. The normalized spacial score (nSPS) is 13.0.